The van der Waals surface area contributed by atoms with E-state index in [1.807, 2.05) is 6.92 Å². The van der Waals surface area contributed by atoms with Crippen molar-refractivity contribution in [3.63, 3.8) is 0 Å². The van der Waals surface area contributed by atoms with Gasteiger partial charge in [-0.2, -0.15) is 0 Å². The lowest BCUT2D eigenvalue weighted by molar-refractivity contribution is 0.168. The van der Waals surface area contributed by atoms with E-state index in [2.05, 4.69) is 15.0 Å². The molecule has 0 spiro atoms. The number of sulfonamides is 1. The molecule has 3 rings (SSSR count). The summed E-state index contributed by atoms with van der Waals surface area (Å²) in [6.07, 6.45) is 0.252. The van der Waals surface area contributed by atoms with Gasteiger partial charge < -0.3 is 4.74 Å². The molecule has 142 valence electrons. The van der Waals surface area contributed by atoms with Crippen molar-refractivity contribution >= 4 is 49.0 Å². The Balaban J connectivity index is 1.77. The van der Waals surface area contributed by atoms with Gasteiger partial charge >= 0.3 is 6.09 Å². The highest BCUT2D eigenvalue weighted by Gasteiger charge is 2.15. The number of ether oxygens (including phenoxy) is 1. The summed E-state index contributed by atoms with van der Waals surface area (Å²) in [6, 6.07) is 11.1. The summed E-state index contributed by atoms with van der Waals surface area (Å²) in [5, 5.41) is 3.53. The maximum Gasteiger partial charge on any atom is 0.411 e. The van der Waals surface area contributed by atoms with Gasteiger partial charge in [-0.3, -0.25) is 10.0 Å². The fourth-order valence-electron chi connectivity index (χ4n) is 2.40. The molecule has 0 saturated heterocycles. The summed E-state index contributed by atoms with van der Waals surface area (Å²) in [6.45, 7) is 3.99. The Kier molecular flexibility index (Phi) is 5.62. The quantitative estimate of drug-likeness (QED) is 0.640. The smallest absolute Gasteiger partial charge is 0.411 e. The predicted molar refractivity (Wildman–Crippen MR) is 107 cm³/mol. The molecule has 0 fully saturated rings. The molecule has 7 nitrogen and oxygen atoms in total. The molecule has 0 aliphatic rings. The van der Waals surface area contributed by atoms with Gasteiger partial charge in [0.2, 0.25) is 0 Å². The van der Waals surface area contributed by atoms with Crippen molar-refractivity contribution in [2.75, 3.05) is 16.6 Å². The highest BCUT2D eigenvalue weighted by Crippen LogP contribution is 2.27. The fourth-order valence-corrected chi connectivity index (χ4v) is 4.40. The number of nitrogens with zero attached hydrogens (tertiary/aromatic N) is 1. The van der Waals surface area contributed by atoms with Gasteiger partial charge in [-0.1, -0.05) is 6.92 Å². The van der Waals surface area contributed by atoms with Crippen LogP contribution >= 0.6 is 11.3 Å². The van der Waals surface area contributed by atoms with Gasteiger partial charge in [-0.15, -0.1) is 11.3 Å². The number of hydrogen-bond acceptors (Lipinski definition) is 6. The zero-order chi connectivity index (χ0) is 19.4. The van der Waals surface area contributed by atoms with Crippen LogP contribution in [0.1, 0.15) is 18.9 Å². The van der Waals surface area contributed by atoms with Crippen LogP contribution in [-0.4, -0.2) is 26.1 Å². The molecular formula is C18H19N3O4S2. The summed E-state index contributed by atoms with van der Waals surface area (Å²) in [5.74, 6) is 0. The van der Waals surface area contributed by atoms with Crippen LogP contribution in [0.3, 0.4) is 0 Å². The van der Waals surface area contributed by atoms with Crippen LogP contribution in [0.15, 0.2) is 47.4 Å². The van der Waals surface area contributed by atoms with Crippen molar-refractivity contribution in [2.45, 2.75) is 25.2 Å². The Labute approximate surface area is 161 Å². The van der Waals surface area contributed by atoms with Crippen LogP contribution in [0.2, 0.25) is 0 Å². The lowest BCUT2D eigenvalue weighted by atomic mass is 10.3. The Morgan fingerprint density at radius 2 is 1.81 bits per heavy atom. The first kappa shape index (κ1) is 19.1. The molecule has 0 unspecified atom stereocenters. The molecule has 27 heavy (non-hydrogen) atoms. The lowest BCUT2D eigenvalue weighted by Crippen LogP contribution is -2.14. The van der Waals surface area contributed by atoms with Gasteiger partial charge in [0.15, 0.2) is 0 Å². The molecule has 0 aliphatic carbocycles. The maximum absolute atomic E-state index is 12.6. The van der Waals surface area contributed by atoms with Crippen molar-refractivity contribution in [1.82, 2.24) is 4.98 Å². The molecule has 2 N–H and O–H groups in total. The Morgan fingerprint density at radius 3 is 2.48 bits per heavy atom. The van der Waals surface area contributed by atoms with Crippen LogP contribution in [0.5, 0.6) is 0 Å². The number of rotatable bonds is 6. The van der Waals surface area contributed by atoms with E-state index in [9.17, 15) is 13.2 Å². The average molecular weight is 406 g/mol. The minimum absolute atomic E-state index is 0.0931. The first-order valence-electron chi connectivity index (χ1n) is 8.37. The van der Waals surface area contributed by atoms with E-state index in [0.717, 1.165) is 21.6 Å². The van der Waals surface area contributed by atoms with Crippen LogP contribution in [0.4, 0.5) is 16.2 Å². The topological polar surface area (TPSA) is 97.4 Å². The van der Waals surface area contributed by atoms with Gasteiger partial charge in [0.1, 0.15) is 0 Å². The Hall–Kier alpha value is -2.65. The average Bonchev–Trinajstić information content (AvgIpc) is 3.04. The van der Waals surface area contributed by atoms with E-state index in [1.54, 1.807) is 36.5 Å². The van der Waals surface area contributed by atoms with Gasteiger partial charge in [0.25, 0.3) is 10.0 Å². The van der Waals surface area contributed by atoms with Gasteiger partial charge in [-0.05, 0) is 55.8 Å². The normalized spacial score (nSPS) is 11.3. The summed E-state index contributed by atoms with van der Waals surface area (Å²) >= 11 is 1.55. The number of fused-ring (bicyclic) bond motifs is 1. The van der Waals surface area contributed by atoms with Crippen LogP contribution in [-0.2, 0) is 21.2 Å². The summed E-state index contributed by atoms with van der Waals surface area (Å²) < 4.78 is 33.5. The number of thiazole rings is 1. The third-order valence-electron chi connectivity index (χ3n) is 3.67. The fraction of sp³-hybridized carbons (Fsp3) is 0.222. The zero-order valence-corrected chi connectivity index (χ0v) is 16.5. The lowest BCUT2D eigenvalue weighted by Gasteiger charge is -2.09. The molecule has 0 saturated carbocycles. The second-order valence-corrected chi connectivity index (χ2v) is 8.42. The van der Waals surface area contributed by atoms with Crippen LogP contribution in [0, 0.1) is 0 Å². The highest BCUT2D eigenvalue weighted by molar-refractivity contribution is 7.92. The van der Waals surface area contributed by atoms with E-state index in [-0.39, 0.29) is 11.5 Å². The third-order valence-corrected chi connectivity index (χ3v) is 6.23. The van der Waals surface area contributed by atoms with Crippen molar-refractivity contribution in [3.8, 4) is 0 Å². The number of amides is 1. The van der Waals surface area contributed by atoms with E-state index in [1.165, 1.54) is 24.3 Å². The summed E-state index contributed by atoms with van der Waals surface area (Å²) in [7, 11) is -3.75. The first-order chi connectivity index (χ1) is 12.9. The minimum Gasteiger partial charge on any atom is -0.450 e. The third kappa shape index (κ3) is 4.55. The largest absolute Gasteiger partial charge is 0.450 e. The molecule has 0 aliphatic heterocycles. The Bertz CT molecular complexity index is 1060. The van der Waals surface area contributed by atoms with Crippen molar-refractivity contribution < 1.29 is 17.9 Å². The number of aryl methyl sites for hydroxylation is 1. The standard InChI is InChI=1S/C18H19N3O4S2/c1-3-17-20-15-10-7-13(11-16(15)26-17)21-27(23,24)14-8-5-12(6-9-14)19-18(22)25-4-2/h5-11,21H,3-4H2,1-2H3,(H,19,22). The van der Waals surface area contributed by atoms with Gasteiger partial charge in [0.05, 0.1) is 32.4 Å². The molecule has 1 amide bonds. The van der Waals surface area contributed by atoms with Gasteiger partial charge in [-0.25, -0.2) is 18.2 Å². The van der Waals surface area contributed by atoms with E-state index >= 15 is 0 Å². The SMILES string of the molecule is CCOC(=O)Nc1ccc(S(=O)(=O)Nc2ccc3nc(CC)sc3c2)cc1. The molecule has 1 heterocycles. The number of hydrogen-bond donors (Lipinski definition) is 2. The van der Waals surface area contributed by atoms with Crippen molar-refractivity contribution in [2.24, 2.45) is 0 Å². The molecule has 1 aromatic heterocycles. The maximum atomic E-state index is 12.6. The number of carbonyl (C=O) groups is 1. The predicted octanol–water partition coefficient (Wildman–Crippen LogP) is 4.23. The van der Waals surface area contributed by atoms with Crippen molar-refractivity contribution in [1.29, 1.82) is 0 Å². The number of aromatic nitrogens is 1. The van der Waals surface area contributed by atoms with E-state index in [4.69, 9.17) is 4.74 Å². The number of anilines is 2. The highest BCUT2D eigenvalue weighted by atomic mass is 32.2. The van der Waals surface area contributed by atoms with Crippen molar-refractivity contribution in [3.05, 3.63) is 47.5 Å². The minimum atomic E-state index is -3.75. The van der Waals surface area contributed by atoms with E-state index in [0.29, 0.717) is 11.4 Å². The second-order valence-electron chi connectivity index (χ2n) is 5.62. The van der Waals surface area contributed by atoms with Gasteiger partial charge in [0, 0.05) is 5.69 Å². The molecule has 9 heteroatoms. The number of benzene rings is 2. The van der Waals surface area contributed by atoms with Crippen LogP contribution in [0.25, 0.3) is 10.2 Å². The van der Waals surface area contributed by atoms with E-state index < -0.39 is 16.1 Å². The molecule has 0 atom stereocenters. The second kappa shape index (κ2) is 7.93. The molecule has 0 bridgehead atoms. The summed E-state index contributed by atoms with van der Waals surface area (Å²) in [5.41, 5.74) is 1.78. The number of nitrogens with one attached hydrogen (secondary N) is 2. The first-order valence-corrected chi connectivity index (χ1v) is 10.7. The number of carbonyl (C=O) groups excluding carboxylic acids is 1. The molecule has 3 aromatic rings. The zero-order valence-electron chi connectivity index (χ0n) is 14.9. The molecule has 2 aromatic carbocycles. The summed E-state index contributed by atoms with van der Waals surface area (Å²) in [4.78, 5) is 16.0. The molecular weight excluding hydrogens is 386 g/mol. The molecule has 0 radical (unpaired) electrons. The van der Waals surface area contributed by atoms with Crippen LogP contribution < -0.4 is 10.0 Å². The monoisotopic (exact) mass is 405 g/mol. The Morgan fingerprint density at radius 1 is 1.11 bits per heavy atom.